The van der Waals surface area contributed by atoms with Gasteiger partial charge >= 0.3 is 0 Å². The zero-order valence-electron chi connectivity index (χ0n) is 11.5. The Hall–Kier alpha value is -1.18. The highest BCUT2D eigenvalue weighted by Gasteiger charge is 2.40. The third kappa shape index (κ3) is 2.98. The highest BCUT2D eigenvalue weighted by molar-refractivity contribution is 5.86. The Labute approximate surface area is 110 Å². The van der Waals surface area contributed by atoms with Crippen LogP contribution in [0.4, 0.5) is 0 Å². The van der Waals surface area contributed by atoms with E-state index >= 15 is 0 Å². The molecule has 18 heavy (non-hydrogen) atoms. The van der Waals surface area contributed by atoms with Crippen LogP contribution in [0.1, 0.15) is 51.6 Å². The number of aromatic nitrogens is 1. The van der Waals surface area contributed by atoms with Crippen molar-refractivity contribution in [2.24, 2.45) is 11.3 Å². The fourth-order valence-electron chi connectivity index (χ4n) is 3.28. The van der Waals surface area contributed by atoms with Crippen molar-refractivity contribution in [1.29, 1.82) is 0 Å². The van der Waals surface area contributed by atoms with Crippen molar-refractivity contribution in [1.82, 2.24) is 4.98 Å². The molecule has 0 aliphatic heterocycles. The highest BCUT2D eigenvalue weighted by Crippen LogP contribution is 2.44. The smallest absolute Gasteiger partial charge is 0.144 e. The van der Waals surface area contributed by atoms with E-state index in [0.29, 0.717) is 18.1 Å². The second kappa shape index (κ2) is 5.64. The van der Waals surface area contributed by atoms with Crippen LogP contribution in [0.5, 0.6) is 0 Å². The minimum atomic E-state index is -0.0499. The molecule has 1 aromatic rings. The predicted molar refractivity (Wildman–Crippen MR) is 73.3 cm³/mol. The molecule has 1 aliphatic rings. The minimum absolute atomic E-state index is 0.0499. The number of pyridine rings is 1. The Morgan fingerprint density at radius 2 is 2.06 bits per heavy atom. The fourth-order valence-corrected chi connectivity index (χ4v) is 3.28. The summed E-state index contributed by atoms with van der Waals surface area (Å²) in [6, 6.07) is 5.81. The summed E-state index contributed by atoms with van der Waals surface area (Å²) in [5, 5.41) is 0. The van der Waals surface area contributed by atoms with Gasteiger partial charge in [0.2, 0.25) is 0 Å². The van der Waals surface area contributed by atoms with E-state index in [1.807, 2.05) is 18.2 Å². The summed E-state index contributed by atoms with van der Waals surface area (Å²) in [6.45, 7) is 4.43. The molecule has 0 unspecified atom stereocenters. The zero-order valence-corrected chi connectivity index (χ0v) is 11.5. The van der Waals surface area contributed by atoms with E-state index in [0.717, 1.165) is 25.0 Å². The number of hydrogen-bond donors (Lipinski definition) is 0. The lowest BCUT2D eigenvalue weighted by Gasteiger charge is -2.29. The molecule has 2 nitrogen and oxygen atoms in total. The Morgan fingerprint density at radius 3 is 2.61 bits per heavy atom. The molecule has 1 aliphatic carbocycles. The number of carbonyl (C=O) groups is 1. The molecule has 0 N–H and O–H groups in total. The van der Waals surface area contributed by atoms with Crippen LogP contribution in [0, 0.1) is 11.3 Å². The maximum Gasteiger partial charge on any atom is 0.144 e. The summed E-state index contributed by atoms with van der Waals surface area (Å²) in [6.07, 6.45) is 7.90. The number of rotatable bonds is 5. The van der Waals surface area contributed by atoms with Gasteiger partial charge < -0.3 is 0 Å². The first-order valence-corrected chi connectivity index (χ1v) is 7.06. The molecular formula is C16H23NO. The largest absolute Gasteiger partial charge is 0.299 e. The van der Waals surface area contributed by atoms with Crippen molar-refractivity contribution in [2.45, 2.75) is 52.4 Å². The average molecular weight is 245 g/mol. The van der Waals surface area contributed by atoms with Gasteiger partial charge in [-0.25, -0.2) is 0 Å². The van der Waals surface area contributed by atoms with Crippen molar-refractivity contribution in [2.75, 3.05) is 0 Å². The fraction of sp³-hybridized carbons (Fsp3) is 0.625. The molecule has 98 valence electrons. The van der Waals surface area contributed by atoms with Crippen molar-refractivity contribution >= 4 is 5.78 Å². The lowest BCUT2D eigenvalue weighted by Crippen LogP contribution is -2.31. The normalized spacial score (nSPS) is 18.2. The van der Waals surface area contributed by atoms with E-state index in [-0.39, 0.29) is 5.41 Å². The van der Waals surface area contributed by atoms with Crippen LogP contribution in [0.2, 0.25) is 0 Å². The number of carbonyl (C=O) groups excluding carboxylic acids is 1. The molecule has 2 rings (SSSR count). The molecule has 2 heteroatoms. The van der Waals surface area contributed by atoms with Crippen LogP contribution in [0.3, 0.4) is 0 Å². The van der Waals surface area contributed by atoms with Crippen LogP contribution >= 0.6 is 0 Å². The van der Waals surface area contributed by atoms with Crippen molar-refractivity contribution in [3.63, 3.8) is 0 Å². The first-order chi connectivity index (χ1) is 8.62. The Kier molecular flexibility index (Phi) is 4.15. The molecule has 1 aromatic heterocycles. The lowest BCUT2D eigenvalue weighted by atomic mass is 9.74. The average Bonchev–Trinajstić information content (AvgIpc) is 2.79. The molecular weight excluding hydrogens is 222 g/mol. The van der Waals surface area contributed by atoms with Crippen LogP contribution in [0.25, 0.3) is 0 Å². The van der Waals surface area contributed by atoms with Crippen molar-refractivity contribution in [3.05, 3.63) is 30.1 Å². The second-order valence-corrected chi connectivity index (χ2v) is 6.01. The van der Waals surface area contributed by atoms with E-state index in [4.69, 9.17) is 0 Å². The van der Waals surface area contributed by atoms with Gasteiger partial charge in [-0.05, 0) is 37.3 Å². The first kappa shape index (κ1) is 13.3. The molecule has 1 fully saturated rings. The van der Waals surface area contributed by atoms with Crippen molar-refractivity contribution < 1.29 is 4.79 Å². The minimum Gasteiger partial charge on any atom is -0.299 e. The number of nitrogens with zero attached hydrogens (tertiary/aromatic N) is 1. The summed E-state index contributed by atoms with van der Waals surface area (Å²) in [7, 11) is 0. The number of hydrogen-bond acceptors (Lipinski definition) is 2. The predicted octanol–water partition coefficient (Wildman–Crippen LogP) is 3.80. The molecule has 0 radical (unpaired) electrons. The van der Waals surface area contributed by atoms with Gasteiger partial charge in [0.05, 0.1) is 0 Å². The Balaban J connectivity index is 2.09. The van der Waals surface area contributed by atoms with Gasteiger partial charge in [-0.3, -0.25) is 9.78 Å². The van der Waals surface area contributed by atoms with Crippen LogP contribution < -0.4 is 0 Å². The molecule has 0 saturated heterocycles. The summed E-state index contributed by atoms with van der Waals surface area (Å²) >= 11 is 0. The van der Waals surface area contributed by atoms with Crippen LogP contribution in [-0.2, 0) is 11.2 Å². The second-order valence-electron chi connectivity index (χ2n) is 6.01. The zero-order chi connectivity index (χ0) is 13.0. The standard InChI is InChI=1S/C16H23NO/c1-13(2)12-16(8-4-5-9-16)15(18)11-14-7-3-6-10-17-14/h3,6-7,10,13H,4-5,8-9,11-12H2,1-2H3. The van der Waals surface area contributed by atoms with Gasteiger partial charge in [0, 0.05) is 23.7 Å². The maximum atomic E-state index is 12.6. The topological polar surface area (TPSA) is 30.0 Å². The monoisotopic (exact) mass is 245 g/mol. The number of ketones is 1. The molecule has 1 saturated carbocycles. The Morgan fingerprint density at radius 1 is 1.33 bits per heavy atom. The molecule has 0 bridgehead atoms. The summed E-state index contributed by atoms with van der Waals surface area (Å²) in [5.41, 5.74) is 0.864. The van der Waals surface area contributed by atoms with Gasteiger partial charge in [0.25, 0.3) is 0 Å². The Bertz CT molecular complexity index is 391. The molecule has 0 spiro atoms. The summed E-state index contributed by atoms with van der Waals surface area (Å²) < 4.78 is 0. The van der Waals surface area contributed by atoms with Crippen molar-refractivity contribution in [3.8, 4) is 0 Å². The van der Waals surface area contributed by atoms with E-state index in [2.05, 4.69) is 18.8 Å². The SMILES string of the molecule is CC(C)CC1(C(=O)Cc2ccccn2)CCCC1. The summed E-state index contributed by atoms with van der Waals surface area (Å²) in [5.74, 6) is 1.00. The van der Waals surface area contributed by atoms with E-state index < -0.39 is 0 Å². The first-order valence-electron chi connectivity index (χ1n) is 7.06. The third-order valence-corrected chi connectivity index (χ3v) is 4.02. The van der Waals surface area contributed by atoms with Crippen LogP contribution in [0.15, 0.2) is 24.4 Å². The molecule has 1 heterocycles. The summed E-state index contributed by atoms with van der Waals surface area (Å²) in [4.78, 5) is 16.9. The quantitative estimate of drug-likeness (QED) is 0.789. The number of Topliss-reactive ketones (excluding diaryl/α,β-unsaturated/α-hetero) is 1. The van der Waals surface area contributed by atoms with E-state index in [9.17, 15) is 4.79 Å². The van der Waals surface area contributed by atoms with Gasteiger partial charge in [-0.1, -0.05) is 32.8 Å². The highest BCUT2D eigenvalue weighted by atomic mass is 16.1. The molecule has 0 aromatic carbocycles. The maximum absolute atomic E-state index is 12.6. The van der Waals surface area contributed by atoms with Gasteiger partial charge in [0.15, 0.2) is 0 Å². The van der Waals surface area contributed by atoms with Gasteiger partial charge in [-0.15, -0.1) is 0 Å². The van der Waals surface area contributed by atoms with Crippen LogP contribution in [-0.4, -0.2) is 10.8 Å². The van der Waals surface area contributed by atoms with E-state index in [1.165, 1.54) is 12.8 Å². The molecule has 0 atom stereocenters. The van der Waals surface area contributed by atoms with Gasteiger partial charge in [-0.2, -0.15) is 0 Å². The van der Waals surface area contributed by atoms with Gasteiger partial charge in [0.1, 0.15) is 5.78 Å². The lowest BCUT2D eigenvalue weighted by molar-refractivity contribution is -0.128. The third-order valence-electron chi connectivity index (χ3n) is 4.02. The van der Waals surface area contributed by atoms with E-state index in [1.54, 1.807) is 6.20 Å². The molecule has 0 amide bonds.